The van der Waals surface area contributed by atoms with E-state index in [0.29, 0.717) is 0 Å². The Labute approximate surface area is 126 Å². The van der Waals surface area contributed by atoms with Crippen molar-refractivity contribution < 1.29 is 9.53 Å². The van der Waals surface area contributed by atoms with Gasteiger partial charge < -0.3 is 10.5 Å². The van der Waals surface area contributed by atoms with Crippen LogP contribution in [0.25, 0.3) is 0 Å². The predicted molar refractivity (Wildman–Crippen MR) is 81.9 cm³/mol. The number of esters is 1. The van der Waals surface area contributed by atoms with Gasteiger partial charge in [-0.3, -0.25) is 4.79 Å². The molecule has 1 atom stereocenters. The molecule has 2 rings (SSSR count). The van der Waals surface area contributed by atoms with Crippen molar-refractivity contribution in [1.82, 2.24) is 0 Å². The summed E-state index contributed by atoms with van der Waals surface area (Å²) in [5, 5.41) is 0. The summed E-state index contributed by atoms with van der Waals surface area (Å²) < 4.78 is 6.20. The van der Waals surface area contributed by atoms with Crippen LogP contribution >= 0.6 is 15.9 Å². The molecule has 4 heteroatoms. The molecule has 20 heavy (non-hydrogen) atoms. The van der Waals surface area contributed by atoms with Crippen molar-refractivity contribution in [2.24, 2.45) is 5.73 Å². The highest BCUT2D eigenvalue weighted by Gasteiger charge is 2.12. The number of hydrogen-bond donors (Lipinski definition) is 1. The molecular formula is C16H16BrNO2. The smallest absolute Gasteiger partial charge is 0.308 e. The standard InChI is InChI=1S/C16H16BrNO2/c17-14-8-6-13(7-9-14)15(18)10-16(19)20-11-12-4-2-1-3-5-12/h1-9,15H,10-11,18H2. The lowest BCUT2D eigenvalue weighted by atomic mass is 10.1. The number of hydrogen-bond acceptors (Lipinski definition) is 3. The minimum Gasteiger partial charge on any atom is -0.461 e. The second-order valence-electron chi connectivity index (χ2n) is 4.51. The van der Waals surface area contributed by atoms with E-state index in [0.717, 1.165) is 15.6 Å². The number of rotatable bonds is 5. The van der Waals surface area contributed by atoms with Crippen molar-refractivity contribution in [2.45, 2.75) is 19.1 Å². The van der Waals surface area contributed by atoms with E-state index in [1.165, 1.54) is 0 Å². The van der Waals surface area contributed by atoms with Gasteiger partial charge in [0.25, 0.3) is 0 Å². The maximum Gasteiger partial charge on any atom is 0.308 e. The van der Waals surface area contributed by atoms with Crippen molar-refractivity contribution in [3.63, 3.8) is 0 Å². The van der Waals surface area contributed by atoms with E-state index in [1.54, 1.807) is 0 Å². The number of halogens is 1. The summed E-state index contributed by atoms with van der Waals surface area (Å²) in [5.74, 6) is -0.288. The molecule has 0 aliphatic rings. The fraction of sp³-hybridized carbons (Fsp3) is 0.188. The molecule has 0 fully saturated rings. The molecule has 0 amide bonds. The second kappa shape index (κ2) is 7.22. The highest BCUT2D eigenvalue weighted by atomic mass is 79.9. The van der Waals surface area contributed by atoms with Crippen molar-refractivity contribution in [2.75, 3.05) is 0 Å². The van der Waals surface area contributed by atoms with Crippen LogP contribution in [0.15, 0.2) is 59.1 Å². The largest absolute Gasteiger partial charge is 0.461 e. The Morgan fingerprint density at radius 2 is 1.75 bits per heavy atom. The first kappa shape index (κ1) is 14.8. The van der Waals surface area contributed by atoms with Crippen LogP contribution in [-0.4, -0.2) is 5.97 Å². The molecule has 0 radical (unpaired) electrons. The van der Waals surface area contributed by atoms with Gasteiger partial charge >= 0.3 is 5.97 Å². The summed E-state index contributed by atoms with van der Waals surface area (Å²) >= 11 is 3.36. The van der Waals surface area contributed by atoms with E-state index >= 15 is 0 Å². The molecule has 3 nitrogen and oxygen atoms in total. The lowest BCUT2D eigenvalue weighted by Gasteiger charge is -2.12. The van der Waals surface area contributed by atoms with E-state index in [2.05, 4.69) is 15.9 Å². The van der Waals surface area contributed by atoms with Crippen LogP contribution < -0.4 is 5.73 Å². The van der Waals surface area contributed by atoms with Crippen LogP contribution in [-0.2, 0) is 16.1 Å². The third-order valence-electron chi connectivity index (χ3n) is 2.93. The number of carbonyl (C=O) groups excluding carboxylic acids is 1. The maximum absolute atomic E-state index is 11.8. The minimum atomic E-state index is -0.341. The summed E-state index contributed by atoms with van der Waals surface area (Å²) in [5.41, 5.74) is 7.89. The van der Waals surface area contributed by atoms with Gasteiger partial charge in [-0.05, 0) is 23.3 Å². The number of ether oxygens (including phenoxy) is 1. The first-order valence-corrected chi connectivity index (χ1v) is 7.15. The van der Waals surface area contributed by atoms with Crippen LogP contribution in [0.3, 0.4) is 0 Å². The third-order valence-corrected chi connectivity index (χ3v) is 3.46. The van der Waals surface area contributed by atoms with Gasteiger partial charge in [0.1, 0.15) is 6.61 Å². The summed E-state index contributed by atoms with van der Waals surface area (Å²) in [6, 6.07) is 16.9. The molecule has 0 saturated heterocycles. The van der Waals surface area contributed by atoms with E-state index in [1.807, 2.05) is 54.6 Å². The zero-order valence-electron chi connectivity index (χ0n) is 11.0. The number of benzene rings is 2. The van der Waals surface area contributed by atoms with Gasteiger partial charge in [0.2, 0.25) is 0 Å². The van der Waals surface area contributed by atoms with Crippen molar-refractivity contribution in [3.05, 3.63) is 70.2 Å². The second-order valence-corrected chi connectivity index (χ2v) is 5.42. The average Bonchev–Trinajstić information content (AvgIpc) is 2.47. The highest BCUT2D eigenvalue weighted by molar-refractivity contribution is 9.10. The number of carbonyl (C=O) groups is 1. The first-order valence-electron chi connectivity index (χ1n) is 6.36. The van der Waals surface area contributed by atoms with Crippen LogP contribution in [0.1, 0.15) is 23.6 Å². The Bertz CT molecular complexity index is 554. The van der Waals surface area contributed by atoms with Gasteiger partial charge in [0, 0.05) is 10.5 Å². The molecule has 0 aliphatic carbocycles. The summed E-state index contributed by atoms with van der Waals surface area (Å²) in [6.07, 6.45) is 0.175. The van der Waals surface area contributed by atoms with Gasteiger partial charge in [0.05, 0.1) is 6.42 Å². The molecule has 2 aromatic rings. The molecule has 104 valence electrons. The predicted octanol–water partition coefficient (Wildman–Crippen LogP) is 3.58. The fourth-order valence-electron chi connectivity index (χ4n) is 1.80. The Kier molecular flexibility index (Phi) is 5.32. The lowest BCUT2D eigenvalue weighted by molar-refractivity contribution is -0.145. The Morgan fingerprint density at radius 1 is 1.10 bits per heavy atom. The van der Waals surface area contributed by atoms with E-state index in [9.17, 15) is 4.79 Å². The summed E-state index contributed by atoms with van der Waals surface area (Å²) in [4.78, 5) is 11.8. The topological polar surface area (TPSA) is 52.3 Å². The summed E-state index contributed by atoms with van der Waals surface area (Å²) in [6.45, 7) is 0.284. The normalized spacial score (nSPS) is 11.9. The Morgan fingerprint density at radius 3 is 2.40 bits per heavy atom. The van der Waals surface area contributed by atoms with E-state index in [-0.39, 0.29) is 25.0 Å². The van der Waals surface area contributed by atoms with Crippen molar-refractivity contribution in [1.29, 1.82) is 0 Å². The number of nitrogens with two attached hydrogens (primary N) is 1. The fourth-order valence-corrected chi connectivity index (χ4v) is 2.07. The zero-order chi connectivity index (χ0) is 14.4. The van der Waals surface area contributed by atoms with Crippen LogP contribution in [0, 0.1) is 0 Å². The molecule has 1 unspecified atom stereocenters. The van der Waals surface area contributed by atoms with Crippen LogP contribution in [0.5, 0.6) is 0 Å². The molecular weight excluding hydrogens is 318 g/mol. The molecule has 0 aliphatic heterocycles. The quantitative estimate of drug-likeness (QED) is 0.851. The monoisotopic (exact) mass is 333 g/mol. The van der Waals surface area contributed by atoms with Gasteiger partial charge in [-0.15, -0.1) is 0 Å². The summed E-state index contributed by atoms with van der Waals surface area (Å²) in [7, 11) is 0. The zero-order valence-corrected chi connectivity index (χ0v) is 12.5. The molecule has 0 saturated carbocycles. The lowest BCUT2D eigenvalue weighted by Crippen LogP contribution is -2.17. The van der Waals surface area contributed by atoms with Gasteiger partial charge in [-0.1, -0.05) is 58.4 Å². The van der Waals surface area contributed by atoms with Gasteiger partial charge in [-0.25, -0.2) is 0 Å². The third kappa shape index (κ3) is 4.47. The van der Waals surface area contributed by atoms with E-state index < -0.39 is 0 Å². The first-order chi connectivity index (χ1) is 9.65. The van der Waals surface area contributed by atoms with Crippen molar-refractivity contribution >= 4 is 21.9 Å². The molecule has 0 heterocycles. The maximum atomic E-state index is 11.8. The Hall–Kier alpha value is -1.65. The molecule has 0 aromatic heterocycles. The molecule has 2 N–H and O–H groups in total. The molecule has 0 bridgehead atoms. The van der Waals surface area contributed by atoms with Gasteiger partial charge in [0.15, 0.2) is 0 Å². The molecule has 0 spiro atoms. The average molecular weight is 334 g/mol. The minimum absolute atomic E-state index is 0.175. The van der Waals surface area contributed by atoms with Crippen LogP contribution in [0.4, 0.5) is 0 Å². The van der Waals surface area contributed by atoms with Gasteiger partial charge in [-0.2, -0.15) is 0 Å². The highest BCUT2D eigenvalue weighted by Crippen LogP contribution is 2.18. The Balaban J connectivity index is 1.83. The van der Waals surface area contributed by atoms with Crippen LogP contribution in [0.2, 0.25) is 0 Å². The SMILES string of the molecule is NC(CC(=O)OCc1ccccc1)c1ccc(Br)cc1. The van der Waals surface area contributed by atoms with E-state index in [4.69, 9.17) is 10.5 Å². The molecule has 2 aromatic carbocycles. The van der Waals surface area contributed by atoms with Crippen molar-refractivity contribution in [3.8, 4) is 0 Å².